The molecule has 2 aromatic heterocycles. The second-order valence-corrected chi connectivity index (χ2v) is 5.70. The van der Waals surface area contributed by atoms with Gasteiger partial charge in [0.2, 0.25) is 11.7 Å². The third-order valence-corrected chi connectivity index (χ3v) is 4.02. The number of nitrogens with zero attached hydrogens (tertiary/aromatic N) is 3. The summed E-state index contributed by atoms with van der Waals surface area (Å²) < 4.78 is 16.4. The van der Waals surface area contributed by atoms with Crippen molar-refractivity contribution in [3.8, 4) is 17.3 Å². The van der Waals surface area contributed by atoms with E-state index in [2.05, 4.69) is 21.2 Å². The monoisotopic (exact) mass is 311 g/mol. The summed E-state index contributed by atoms with van der Waals surface area (Å²) in [7, 11) is 1.59. The molecule has 0 radical (unpaired) electrons. The van der Waals surface area contributed by atoms with Gasteiger partial charge >= 0.3 is 0 Å². The Labute approximate surface area is 133 Å². The number of pyridine rings is 1. The zero-order valence-corrected chi connectivity index (χ0v) is 13.1. The number of benzene rings is 1. The van der Waals surface area contributed by atoms with Crippen LogP contribution in [0.15, 0.2) is 28.8 Å². The fourth-order valence-corrected chi connectivity index (χ4v) is 2.84. The lowest BCUT2D eigenvalue weighted by Gasteiger charge is -2.07. The molecule has 1 atom stereocenters. The molecule has 6 nitrogen and oxygen atoms in total. The summed E-state index contributed by atoms with van der Waals surface area (Å²) in [6.07, 6.45) is 1.83. The molecule has 0 aliphatic carbocycles. The maximum Gasteiger partial charge on any atom is 0.256 e. The van der Waals surface area contributed by atoms with Crippen LogP contribution < -0.4 is 4.74 Å². The highest BCUT2D eigenvalue weighted by Gasteiger charge is 2.25. The summed E-state index contributed by atoms with van der Waals surface area (Å²) in [5.41, 5.74) is 2.77. The summed E-state index contributed by atoms with van der Waals surface area (Å²) in [5.74, 6) is 1.48. The fourth-order valence-electron chi connectivity index (χ4n) is 2.84. The number of hydrogen-bond donors (Lipinski definition) is 0. The Morgan fingerprint density at radius 2 is 2.13 bits per heavy atom. The van der Waals surface area contributed by atoms with E-state index in [1.807, 2.05) is 25.1 Å². The van der Waals surface area contributed by atoms with Gasteiger partial charge in [0, 0.05) is 12.0 Å². The largest absolute Gasteiger partial charge is 0.480 e. The van der Waals surface area contributed by atoms with Gasteiger partial charge in [0.25, 0.3) is 5.89 Å². The van der Waals surface area contributed by atoms with Crippen molar-refractivity contribution in [3.63, 3.8) is 0 Å². The SMILES string of the molecule is COc1nc2ccc(C)cc2cc1-c1noc(C2CCCO2)n1. The average Bonchev–Trinajstić information content (AvgIpc) is 3.24. The Bertz CT molecular complexity index is 853. The predicted octanol–water partition coefficient (Wildman–Crippen LogP) is 3.45. The first-order valence-electron chi connectivity index (χ1n) is 7.65. The summed E-state index contributed by atoms with van der Waals surface area (Å²) in [6, 6.07) is 8.06. The standard InChI is InChI=1S/C17H17N3O3/c1-10-5-6-13-11(8-10)9-12(16(18-13)21-2)15-19-17(23-20-15)14-4-3-7-22-14/h5-6,8-9,14H,3-4,7H2,1-2H3. The lowest BCUT2D eigenvalue weighted by Crippen LogP contribution is -1.97. The van der Waals surface area contributed by atoms with Crippen LogP contribution in [0.5, 0.6) is 5.88 Å². The van der Waals surface area contributed by atoms with Crippen molar-refractivity contribution in [2.75, 3.05) is 13.7 Å². The summed E-state index contributed by atoms with van der Waals surface area (Å²) in [4.78, 5) is 9.02. The van der Waals surface area contributed by atoms with Gasteiger partial charge in [0.15, 0.2) is 0 Å². The first-order valence-corrected chi connectivity index (χ1v) is 7.65. The van der Waals surface area contributed by atoms with E-state index < -0.39 is 0 Å². The van der Waals surface area contributed by atoms with E-state index in [1.165, 1.54) is 5.56 Å². The zero-order chi connectivity index (χ0) is 15.8. The molecule has 3 heterocycles. The molecule has 1 saturated heterocycles. The number of rotatable bonds is 3. The third kappa shape index (κ3) is 2.55. The quantitative estimate of drug-likeness (QED) is 0.738. The van der Waals surface area contributed by atoms with Crippen molar-refractivity contribution in [1.82, 2.24) is 15.1 Å². The number of methoxy groups -OCH3 is 1. The van der Waals surface area contributed by atoms with Gasteiger partial charge in [0.1, 0.15) is 6.10 Å². The van der Waals surface area contributed by atoms with Gasteiger partial charge < -0.3 is 14.0 Å². The van der Waals surface area contributed by atoms with Crippen LogP contribution in [0.3, 0.4) is 0 Å². The van der Waals surface area contributed by atoms with Gasteiger partial charge in [-0.05, 0) is 38.0 Å². The van der Waals surface area contributed by atoms with Crippen LogP contribution in [0.25, 0.3) is 22.3 Å². The van der Waals surface area contributed by atoms with Gasteiger partial charge in [-0.3, -0.25) is 0 Å². The molecule has 0 saturated carbocycles. The molecule has 118 valence electrons. The average molecular weight is 311 g/mol. The van der Waals surface area contributed by atoms with Gasteiger partial charge in [-0.15, -0.1) is 0 Å². The highest BCUT2D eigenvalue weighted by atomic mass is 16.5. The van der Waals surface area contributed by atoms with Crippen LogP contribution in [0.4, 0.5) is 0 Å². The van der Waals surface area contributed by atoms with Gasteiger partial charge in [-0.2, -0.15) is 4.98 Å². The second-order valence-electron chi connectivity index (χ2n) is 5.70. The van der Waals surface area contributed by atoms with E-state index in [4.69, 9.17) is 14.0 Å². The smallest absolute Gasteiger partial charge is 0.256 e. The van der Waals surface area contributed by atoms with Crippen molar-refractivity contribution < 1.29 is 14.0 Å². The van der Waals surface area contributed by atoms with E-state index in [-0.39, 0.29) is 6.10 Å². The molecular weight excluding hydrogens is 294 g/mol. The summed E-state index contributed by atoms with van der Waals surface area (Å²) >= 11 is 0. The highest BCUT2D eigenvalue weighted by Crippen LogP contribution is 2.33. The van der Waals surface area contributed by atoms with E-state index in [1.54, 1.807) is 7.11 Å². The van der Waals surface area contributed by atoms with E-state index >= 15 is 0 Å². The normalized spacial score (nSPS) is 17.7. The van der Waals surface area contributed by atoms with Crippen molar-refractivity contribution in [2.24, 2.45) is 0 Å². The maximum absolute atomic E-state index is 5.59. The Kier molecular flexibility index (Phi) is 3.46. The molecule has 1 aromatic carbocycles. The van der Waals surface area contributed by atoms with Crippen LogP contribution in [-0.4, -0.2) is 28.8 Å². The molecule has 1 fully saturated rings. The predicted molar refractivity (Wildman–Crippen MR) is 84.3 cm³/mol. The second kappa shape index (κ2) is 5.62. The first-order chi connectivity index (χ1) is 11.2. The van der Waals surface area contributed by atoms with Gasteiger partial charge in [-0.1, -0.05) is 16.8 Å². The molecule has 0 N–H and O–H groups in total. The zero-order valence-electron chi connectivity index (χ0n) is 13.1. The molecule has 23 heavy (non-hydrogen) atoms. The summed E-state index contributed by atoms with van der Waals surface area (Å²) in [6.45, 7) is 2.79. The van der Waals surface area contributed by atoms with Crippen molar-refractivity contribution in [3.05, 3.63) is 35.7 Å². The van der Waals surface area contributed by atoms with Crippen molar-refractivity contribution in [1.29, 1.82) is 0 Å². The molecule has 0 spiro atoms. The molecule has 1 aliphatic heterocycles. The molecule has 1 unspecified atom stereocenters. The van der Waals surface area contributed by atoms with Crippen LogP contribution >= 0.6 is 0 Å². The van der Waals surface area contributed by atoms with E-state index in [9.17, 15) is 0 Å². The molecule has 3 aromatic rings. The lowest BCUT2D eigenvalue weighted by atomic mass is 10.1. The lowest BCUT2D eigenvalue weighted by molar-refractivity contribution is 0.0835. The number of aromatic nitrogens is 3. The van der Waals surface area contributed by atoms with Crippen LogP contribution in [0.1, 0.15) is 30.4 Å². The summed E-state index contributed by atoms with van der Waals surface area (Å²) in [5, 5.41) is 5.10. The van der Waals surface area contributed by atoms with Gasteiger partial charge in [0.05, 0.1) is 18.2 Å². The third-order valence-electron chi connectivity index (χ3n) is 4.02. The minimum atomic E-state index is -0.0992. The van der Waals surface area contributed by atoms with E-state index in [0.717, 1.165) is 35.9 Å². The number of ether oxygens (including phenoxy) is 2. The minimum absolute atomic E-state index is 0.0992. The number of hydrogen-bond acceptors (Lipinski definition) is 6. The topological polar surface area (TPSA) is 70.3 Å². The maximum atomic E-state index is 5.59. The Hall–Kier alpha value is -2.47. The van der Waals surface area contributed by atoms with Crippen molar-refractivity contribution >= 4 is 10.9 Å². The number of aryl methyl sites for hydroxylation is 1. The fraction of sp³-hybridized carbons (Fsp3) is 0.353. The Morgan fingerprint density at radius 3 is 2.91 bits per heavy atom. The first kappa shape index (κ1) is 14.1. The minimum Gasteiger partial charge on any atom is -0.480 e. The molecule has 0 amide bonds. The highest BCUT2D eigenvalue weighted by molar-refractivity contribution is 5.85. The number of fused-ring (bicyclic) bond motifs is 1. The molecule has 4 rings (SSSR count). The Balaban J connectivity index is 1.80. The van der Waals surface area contributed by atoms with Crippen LogP contribution in [0, 0.1) is 6.92 Å². The molecule has 1 aliphatic rings. The molecule has 6 heteroatoms. The van der Waals surface area contributed by atoms with Crippen LogP contribution in [-0.2, 0) is 4.74 Å². The van der Waals surface area contributed by atoms with Crippen LogP contribution in [0.2, 0.25) is 0 Å². The van der Waals surface area contributed by atoms with Gasteiger partial charge in [-0.25, -0.2) is 4.98 Å². The molecular formula is C17H17N3O3. The van der Waals surface area contributed by atoms with Crippen molar-refractivity contribution in [2.45, 2.75) is 25.9 Å². The van der Waals surface area contributed by atoms with E-state index in [0.29, 0.717) is 17.6 Å². The molecule has 0 bridgehead atoms. The Morgan fingerprint density at radius 1 is 1.22 bits per heavy atom.